The molecule has 0 aliphatic rings. The zero-order valence-electron chi connectivity index (χ0n) is 7.94. The van der Waals surface area contributed by atoms with Crippen LogP contribution in [0.15, 0.2) is 24.7 Å². The fourth-order valence-electron chi connectivity index (χ4n) is 1.11. The molecule has 1 radical (unpaired) electrons. The molecular formula is C10H7FN3O. The highest BCUT2D eigenvalue weighted by atomic mass is 19.1. The van der Waals surface area contributed by atoms with E-state index in [2.05, 4.69) is 21.1 Å². The molecular weight excluding hydrogens is 197 g/mol. The molecule has 0 saturated heterocycles. The van der Waals surface area contributed by atoms with Crippen LogP contribution in [0.25, 0.3) is 11.3 Å². The van der Waals surface area contributed by atoms with Gasteiger partial charge in [0.05, 0.1) is 13.3 Å². The summed E-state index contributed by atoms with van der Waals surface area (Å²) in [7, 11) is 1.46. The van der Waals surface area contributed by atoms with Crippen LogP contribution in [0.3, 0.4) is 0 Å². The Bertz CT molecular complexity index is 461. The first kappa shape index (κ1) is 9.51. The van der Waals surface area contributed by atoms with Crippen molar-refractivity contribution in [3.8, 4) is 17.1 Å². The van der Waals surface area contributed by atoms with E-state index in [0.29, 0.717) is 11.6 Å². The van der Waals surface area contributed by atoms with Gasteiger partial charge in [-0.3, -0.25) is 9.97 Å². The number of aromatic nitrogens is 3. The Labute approximate surface area is 85.8 Å². The van der Waals surface area contributed by atoms with Gasteiger partial charge in [0, 0.05) is 24.0 Å². The zero-order valence-corrected chi connectivity index (χ0v) is 7.94. The van der Waals surface area contributed by atoms with Gasteiger partial charge < -0.3 is 4.74 Å². The number of pyridine rings is 1. The maximum Gasteiger partial charge on any atom is 0.213 e. The summed E-state index contributed by atoms with van der Waals surface area (Å²) in [6.45, 7) is 0. The van der Waals surface area contributed by atoms with Gasteiger partial charge in [0.25, 0.3) is 0 Å². The van der Waals surface area contributed by atoms with Gasteiger partial charge >= 0.3 is 0 Å². The molecule has 0 aliphatic carbocycles. The molecule has 0 unspecified atom stereocenters. The molecule has 0 amide bonds. The van der Waals surface area contributed by atoms with Crippen molar-refractivity contribution >= 4 is 0 Å². The van der Waals surface area contributed by atoms with Gasteiger partial charge in [-0.1, -0.05) is 0 Å². The highest BCUT2D eigenvalue weighted by molar-refractivity contribution is 5.58. The molecule has 0 spiro atoms. The minimum absolute atomic E-state index is 0.273. The van der Waals surface area contributed by atoms with Crippen LogP contribution >= 0.6 is 0 Å². The highest BCUT2D eigenvalue weighted by Crippen LogP contribution is 2.22. The van der Waals surface area contributed by atoms with Gasteiger partial charge in [-0.15, -0.1) is 0 Å². The Balaban J connectivity index is 2.52. The number of ether oxygens (including phenoxy) is 1. The molecule has 0 N–H and O–H groups in total. The van der Waals surface area contributed by atoms with Gasteiger partial charge in [0.1, 0.15) is 11.9 Å². The third-order valence-corrected chi connectivity index (χ3v) is 1.81. The van der Waals surface area contributed by atoms with Crippen molar-refractivity contribution in [2.45, 2.75) is 0 Å². The van der Waals surface area contributed by atoms with E-state index in [-0.39, 0.29) is 5.56 Å². The Morgan fingerprint density at radius 2 is 2.20 bits per heavy atom. The molecule has 5 heteroatoms. The third-order valence-electron chi connectivity index (χ3n) is 1.81. The van der Waals surface area contributed by atoms with Crippen molar-refractivity contribution in [1.29, 1.82) is 0 Å². The lowest BCUT2D eigenvalue weighted by Crippen LogP contribution is -1.93. The summed E-state index contributed by atoms with van der Waals surface area (Å²) in [5, 5.41) is 0. The van der Waals surface area contributed by atoms with Crippen molar-refractivity contribution in [2.75, 3.05) is 7.11 Å². The molecule has 2 aromatic heterocycles. The first-order valence-corrected chi connectivity index (χ1v) is 4.20. The quantitative estimate of drug-likeness (QED) is 0.743. The van der Waals surface area contributed by atoms with Gasteiger partial charge in [0.15, 0.2) is 5.82 Å². The van der Waals surface area contributed by atoms with Gasteiger partial charge in [0.2, 0.25) is 5.88 Å². The minimum Gasteiger partial charge on any atom is -0.481 e. The lowest BCUT2D eigenvalue weighted by molar-refractivity contribution is 0.396. The number of hydrogen-bond acceptors (Lipinski definition) is 4. The summed E-state index contributed by atoms with van der Waals surface area (Å²) in [6, 6.07) is 1.45. The standard InChI is InChI=1S/C10H7FN3O/c1-15-10-4-7(8(11)5-14-10)9-6-12-2-3-13-9/h2-5H,1H3. The summed E-state index contributed by atoms with van der Waals surface area (Å²) >= 11 is 0. The molecule has 0 saturated carbocycles. The average Bonchev–Trinajstić information content (AvgIpc) is 2.31. The molecule has 2 heterocycles. The SMILES string of the molecule is COc1cc(-c2[c]nccn2)c(F)cn1. The Morgan fingerprint density at radius 3 is 2.87 bits per heavy atom. The summed E-state index contributed by atoms with van der Waals surface area (Å²) < 4.78 is 18.3. The van der Waals surface area contributed by atoms with E-state index >= 15 is 0 Å². The Hall–Kier alpha value is -2.04. The van der Waals surface area contributed by atoms with E-state index in [1.165, 1.54) is 25.6 Å². The van der Waals surface area contributed by atoms with Crippen LogP contribution in [0.2, 0.25) is 0 Å². The van der Waals surface area contributed by atoms with Crippen molar-refractivity contribution < 1.29 is 9.13 Å². The largest absolute Gasteiger partial charge is 0.481 e. The van der Waals surface area contributed by atoms with Crippen molar-refractivity contribution in [3.05, 3.63) is 36.7 Å². The van der Waals surface area contributed by atoms with Crippen molar-refractivity contribution in [1.82, 2.24) is 15.0 Å². The summed E-state index contributed by atoms with van der Waals surface area (Å²) in [5.41, 5.74) is 0.602. The topological polar surface area (TPSA) is 47.9 Å². The number of hydrogen-bond donors (Lipinski definition) is 0. The number of halogens is 1. The summed E-state index contributed by atoms with van der Waals surface area (Å²) in [6.07, 6.45) is 6.61. The molecule has 15 heavy (non-hydrogen) atoms. The van der Waals surface area contributed by atoms with Crippen LogP contribution in [0, 0.1) is 12.0 Å². The van der Waals surface area contributed by atoms with Crippen LogP contribution in [0.5, 0.6) is 5.88 Å². The fraction of sp³-hybridized carbons (Fsp3) is 0.100. The fourth-order valence-corrected chi connectivity index (χ4v) is 1.11. The zero-order chi connectivity index (χ0) is 10.7. The molecule has 4 nitrogen and oxygen atoms in total. The number of methoxy groups -OCH3 is 1. The Kier molecular flexibility index (Phi) is 2.53. The minimum atomic E-state index is -0.479. The molecule has 75 valence electrons. The average molecular weight is 204 g/mol. The number of nitrogens with zero attached hydrogens (tertiary/aromatic N) is 3. The summed E-state index contributed by atoms with van der Waals surface area (Å²) in [4.78, 5) is 11.4. The van der Waals surface area contributed by atoms with E-state index in [0.717, 1.165) is 6.20 Å². The lowest BCUT2D eigenvalue weighted by Gasteiger charge is -2.03. The highest BCUT2D eigenvalue weighted by Gasteiger charge is 2.08. The molecule has 0 fully saturated rings. The van der Waals surface area contributed by atoms with Crippen molar-refractivity contribution in [3.63, 3.8) is 0 Å². The van der Waals surface area contributed by atoms with Crippen LogP contribution in [-0.2, 0) is 0 Å². The van der Waals surface area contributed by atoms with E-state index < -0.39 is 5.82 Å². The molecule has 2 aromatic rings. The molecule has 0 aliphatic heterocycles. The predicted octanol–water partition coefficient (Wildman–Crippen LogP) is 1.49. The van der Waals surface area contributed by atoms with Crippen LogP contribution in [-0.4, -0.2) is 22.1 Å². The monoisotopic (exact) mass is 204 g/mol. The predicted molar refractivity (Wildman–Crippen MR) is 50.6 cm³/mol. The van der Waals surface area contributed by atoms with Crippen LogP contribution < -0.4 is 4.74 Å². The second-order valence-corrected chi connectivity index (χ2v) is 2.72. The first-order chi connectivity index (χ1) is 7.31. The third kappa shape index (κ3) is 1.90. The van der Waals surface area contributed by atoms with Crippen LogP contribution in [0.4, 0.5) is 4.39 Å². The van der Waals surface area contributed by atoms with E-state index in [4.69, 9.17) is 4.74 Å². The smallest absolute Gasteiger partial charge is 0.213 e. The van der Waals surface area contributed by atoms with Crippen LogP contribution in [0.1, 0.15) is 0 Å². The van der Waals surface area contributed by atoms with E-state index in [1.807, 2.05) is 0 Å². The van der Waals surface area contributed by atoms with E-state index in [9.17, 15) is 4.39 Å². The molecule has 0 aromatic carbocycles. The lowest BCUT2D eigenvalue weighted by atomic mass is 10.2. The number of rotatable bonds is 2. The maximum atomic E-state index is 13.4. The maximum absolute atomic E-state index is 13.4. The summed E-state index contributed by atoms with van der Waals surface area (Å²) in [5.74, 6) is -0.155. The second kappa shape index (κ2) is 4.00. The first-order valence-electron chi connectivity index (χ1n) is 4.20. The van der Waals surface area contributed by atoms with Gasteiger partial charge in [-0.05, 0) is 0 Å². The van der Waals surface area contributed by atoms with E-state index in [1.54, 1.807) is 0 Å². The molecule has 2 rings (SSSR count). The van der Waals surface area contributed by atoms with Gasteiger partial charge in [-0.25, -0.2) is 9.37 Å². The Morgan fingerprint density at radius 1 is 1.33 bits per heavy atom. The normalized spacial score (nSPS) is 10.0. The molecule has 0 bridgehead atoms. The molecule has 0 atom stereocenters. The second-order valence-electron chi connectivity index (χ2n) is 2.72. The van der Waals surface area contributed by atoms with Gasteiger partial charge in [-0.2, -0.15) is 0 Å². The van der Waals surface area contributed by atoms with Crippen molar-refractivity contribution in [2.24, 2.45) is 0 Å².